The molecule has 2 N–H and O–H groups in total. The highest BCUT2D eigenvalue weighted by Crippen LogP contribution is 2.33. The van der Waals surface area contributed by atoms with Crippen molar-refractivity contribution in [2.24, 2.45) is 5.73 Å². The number of benzene rings is 1. The van der Waals surface area contributed by atoms with Gasteiger partial charge in [0.15, 0.2) is 0 Å². The second-order valence-corrected chi connectivity index (χ2v) is 4.46. The fourth-order valence-electron chi connectivity index (χ4n) is 2.21. The average molecular weight is 266 g/mol. The second kappa shape index (κ2) is 8.02. The van der Waals surface area contributed by atoms with Gasteiger partial charge in [-0.1, -0.05) is 6.07 Å². The van der Waals surface area contributed by atoms with Crippen LogP contribution in [0.1, 0.15) is 32.4 Å². The van der Waals surface area contributed by atoms with Crippen molar-refractivity contribution >= 4 is 5.69 Å². The molecule has 0 amide bonds. The minimum absolute atomic E-state index is 0.0627. The summed E-state index contributed by atoms with van der Waals surface area (Å²) in [4.78, 5) is 2.27. The third-order valence-electron chi connectivity index (χ3n) is 3.15. The smallest absolute Gasteiger partial charge is 0.125 e. The lowest BCUT2D eigenvalue weighted by atomic mass is 10.0. The summed E-state index contributed by atoms with van der Waals surface area (Å²) in [5.74, 6) is 0.849. The van der Waals surface area contributed by atoms with Crippen molar-refractivity contribution in [3.05, 3.63) is 23.8 Å². The molecular formula is C15H26N2O2. The number of likely N-dealkylation sites (N-methyl/N-ethyl adjacent to an activating group) is 1. The van der Waals surface area contributed by atoms with E-state index >= 15 is 0 Å². The van der Waals surface area contributed by atoms with E-state index in [4.69, 9.17) is 15.2 Å². The van der Waals surface area contributed by atoms with Crippen LogP contribution in [0.15, 0.2) is 18.2 Å². The second-order valence-electron chi connectivity index (χ2n) is 4.46. The van der Waals surface area contributed by atoms with Gasteiger partial charge < -0.3 is 20.1 Å². The van der Waals surface area contributed by atoms with Crippen LogP contribution in [0.3, 0.4) is 0 Å². The third kappa shape index (κ3) is 4.11. The summed E-state index contributed by atoms with van der Waals surface area (Å²) < 4.78 is 10.9. The summed E-state index contributed by atoms with van der Waals surface area (Å²) in [5, 5.41) is 0. The van der Waals surface area contributed by atoms with Crippen molar-refractivity contribution in [2.75, 3.05) is 38.3 Å². The van der Waals surface area contributed by atoms with Crippen LogP contribution in [-0.2, 0) is 4.74 Å². The highest BCUT2D eigenvalue weighted by atomic mass is 16.5. The Morgan fingerprint density at radius 3 is 2.58 bits per heavy atom. The van der Waals surface area contributed by atoms with Crippen LogP contribution in [0.5, 0.6) is 5.75 Å². The predicted molar refractivity (Wildman–Crippen MR) is 80.0 cm³/mol. The van der Waals surface area contributed by atoms with Crippen molar-refractivity contribution in [3.63, 3.8) is 0 Å². The molecule has 0 saturated carbocycles. The minimum Gasteiger partial charge on any atom is -0.496 e. The van der Waals surface area contributed by atoms with Gasteiger partial charge in [-0.05, 0) is 32.9 Å². The molecule has 0 saturated heterocycles. The normalized spacial score (nSPS) is 12.3. The fraction of sp³-hybridized carbons (Fsp3) is 0.600. The maximum Gasteiger partial charge on any atom is 0.125 e. The number of nitrogens with two attached hydrogens (primary N) is 1. The van der Waals surface area contributed by atoms with Gasteiger partial charge in [-0.2, -0.15) is 0 Å². The van der Waals surface area contributed by atoms with E-state index in [0.29, 0.717) is 0 Å². The molecule has 1 rings (SSSR count). The molecule has 0 aliphatic carbocycles. The molecule has 1 aromatic rings. The molecule has 0 fully saturated rings. The van der Waals surface area contributed by atoms with Crippen molar-refractivity contribution in [1.82, 2.24) is 0 Å². The Labute approximate surface area is 116 Å². The third-order valence-corrected chi connectivity index (χ3v) is 3.15. The van der Waals surface area contributed by atoms with Gasteiger partial charge in [0, 0.05) is 37.0 Å². The number of hydrogen-bond acceptors (Lipinski definition) is 4. The van der Waals surface area contributed by atoms with Gasteiger partial charge in [-0.25, -0.2) is 0 Å². The van der Waals surface area contributed by atoms with Gasteiger partial charge in [-0.15, -0.1) is 0 Å². The zero-order valence-electron chi connectivity index (χ0n) is 12.5. The van der Waals surface area contributed by atoms with E-state index in [0.717, 1.165) is 43.3 Å². The summed E-state index contributed by atoms with van der Waals surface area (Å²) in [6.45, 7) is 9.37. The van der Waals surface area contributed by atoms with Crippen molar-refractivity contribution < 1.29 is 9.47 Å². The first-order valence-corrected chi connectivity index (χ1v) is 6.90. The number of methoxy groups -OCH3 is 1. The van der Waals surface area contributed by atoms with E-state index < -0.39 is 0 Å². The number of anilines is 1. The Balaban J connectivity index is 3.01. The van der Waals surface area contributed by atoms with Crippen LogP contribution >= 0.6 is 0 Å². The quantitative estimate of drug-likeness (QED) is 0.735. The van der Waals surface area contributed by atoms with Gasteiger partial charge in [0.1, 0.15) is 5.75 Å². The molecular weight excluding hydrogens is 240 g/mol. The number of rotatable bonds is 8. The zero-order valence-corrected chi connectivity index (χ0v) is 12.5. The predicted octanol–water partition coefficient (Wildman–Crippen LogP) is 2.58. The van der Waals surface area contributed by atoms with Crippen LogP contribution in [-0.4, -0.2) is 33.4 Å². The van der Waals surface area contributed by atoms with Gasteiger partial charge in [0.2, 0.25) is 0 Å². The fourth-order valence-corrected chi connectivity index (χ4v) is 2.21. The largest absolute Gasteiger partial charge is 0.496 e. The molecule has 4 nitrogen and oxygen atoms in total. The summed E-state index contributed by atoms with van der Waals surface area (Å²) in [5.41, 5.74) is 8.29. The lowest BCUT2D eigenvalue weighted by Crippen LogP contribution is -2.29. The highest BCUT2D eigenvalue weighted by Gasteiger charge is 2.16. The zero-order chi connectivity index (χ0) is 14.3. The number of ether oxygens (including phenoxy) is 2. The van der Waals surface area contributed by atoms with E-state index in [-0.39, 0.29) is 6.04 Å². The summed E-state index contributed by atoms with van der Waals surface area (Å²) >= 11 is 0. The molecule has 0 unspecified atom stereocenters. The minimum atomic E-state index is -0.0627. The van der Waals surface area contributed by atoms with Crippen LogP contribution in [0.4, 0.5) is 5.69 Å². The van der Waals surface area contributed by atoms with Crippen molar-refractivity contribution in [2.45, 2.75) is 26.8 Å². The SMILES string of the molecule is CCOCCN(CC)c1cccc(OC)c1[C@H](C)N. The molecule has 4 heteroatoms. The standard InChI is InChI=1S/C15H26N2O2/c1-5-17(10-11-19-6-2)13-8-7-9-14(18-4)15(13)12(3)16/h7-9,12H,5-6,10-11,16H2,1-4H3/t12-/m0/s1. The van der Waals surface area contributed by atoms with Crippen LogP contribution < -0.4 is 15.4 Å². The Hall–Kier alpha value is -1.26. The lowest BCUT2D eigenvalue weighted by Gasteiger charge is -2.28. The van der Waals surface area contributed by atoms with E-state index in [1.807, 2.05) is 26.0 Å². The molecule has 108 valence electrons. The Morgan fingerprint density at radius 2 is 2.05 bits per heavy atom. The summed E-state index contributed by atoms with van der Waals surface area (Å²) in [6.07, 6.45) is 0. The molecule has 1 atom stereocenters. The van der Waals surface area contributed by atoms with E-state index in [1.165, 1.54) is 0 Å². The topological polar surface area (TPSA) is 47.7 Å². The lowest BCUT2D eigenvalue weighted by molar-refractivity contribution is 0.154. The first-order chi connectivity index (χ1) is 9.15. The molecule has 0 heterocycles. The molecule has 0 bridgehead atoms. The summed E-state index contributed by atoms with van der Waals surface area (Å²) in [7, 11) is 1.68. The van der Waals surface area contributed by atoms with Gasteiger partial charge >= 0.3 is 0 Å². The number of hydrogen-bond donors (Lipinski definition) is 1. The van der Waals surface area contributed by atoms with E-state index in [2.05, 4.69) is 17.9 Å². The Kier molecular flexibility index (Phi) is 6.67. The molecule has 1 aromatic carbocycles. The first-order valence-electron chi connectivity index (χ1n) is 6.90. The maximum atomic E-state index is 6.10. The number of nitrogens with zero attached hydrogens (tertiary/aromatic N) is 1. The summed E-state index contributed by atoms with van der Waals surface area (Å²) in [6, 6.07) is 5.99. The molecule has 19 heavy (non-hydrogen) atoms. The van der Waals surface area contributed by atoms with Crippen LogP contribution in [0.25, 0.3) is 0 Å². The molecule has 0 radical (unpaired) electrons. The maximum absolute atomic E-state index is 6.10. The van der Waals surface area contributed by atoms with Crippen molar-refractivity contribution in [3.8, 4) is 5.75 Å². The first kappa shape index (κ1) is 15.8. The monoisotopic (exact) mass is 266 g/mol. The van der Waals surface area contributed by atoms with Gasteiger partial charge in [0.25, 0.3) is 0 Å². The van der Waals surface area contributed by atoms with Crippen LogP contribution in [0.2, 0.25) is 0 Å². The highest BCUT2D eigenvalue weighted by molar-refractivity contribution is 5.60. The Bertz CT molecular complexity index is 380. The molecule has 0 spiro atoms. The van der Waals surface area contributed by atoms with E-state index in [9.17, 15) is 0 Å². The molecule has 0 aliphatic rings. The van der Waals surface area contributed by atoms with Gasteiger partial charge in [0.05, 0.1) is 13.7 Å². The Morgan fingerprint density at radius 1 is 1.32 bits per heavy atom. The molecule has 0 aromatic heterocycles. The molecule has 0 aliphatic heterocycles. The van der Waals surface area contributed by atoms with Gasteiger partial charge in [-0.3, -0.25) is 0 Å². The van der Waals surface area contributed by atoms with Crippen LogP contribution in [0, 0.1) is 0 Å². The van der Waals surface area contributed by atoms with E-state index in [1.54, 1.807) is 7.11 Å². The van der Waals surface area contributed by atoms with Crippen molar-refractivity contribution in [1.29, 1.82) is 0 Å². The average Bonchev–Trinajstić information content (AvgIpc) is 2.42.